The van der Waals surface area contributed by atoms with Crippen LogP contribution in [-0.4, -0.2) is 136 Å². The molecule has 13 N–H and O–H groups in total. The van der Waals surface area contributed by atoms with Crippen molar-refractivity contribution in [3.63, 3.8) is 0 Å². The Bertz CT molecular complexity index is 6930. The van der Waals surface area contributed by atoms with Crippen LogP contribution < -0.4 is 38.9 Å². The van der Waals surface area contributed by atoms with Crippen LogP contribution in [0.15, 0.2) is 250 Å². The summed E-state index contributed by atoms with van der Waals surface area (Å²) in [5.41, 5.74) is 35.1. The number of aryl methyl sites for hydroxylation is 1. The lowest BCUT2D eigenvalue weighted by Gasteiger charge is -2.08. The highest BCUT2D eigenvalue weighted by molar-refractivity contribution is 6.35. The van der Waals surface area contributed by atoms with Gasteiger partial charge in [0.25, 0.3) is 23.6 Å². The SMILES string of the molecule is CC(=O)Cc1cc(-n2cc(C(N)=O)c(-c3ccccc3Cl)n2)c(C)cn1.CC(=O)Nc1cc(-n2cc(-c3ncn[nH]3)c(-c3ccccc3Cl)n2)ccn1.CC(=O)Nc1cc(-n2cc(C(N)=O)c(-c3ccccc3Cl)n2)c(Cl)cn1.CC(=O)Nc1cc(-n2cc(C(N)=O)c(-c3ccccc3Cl)n2)ccn1.NC(=O)c1cn(-c2cccc3[nH]ccc23)nc1-c1ccccc1Cl. The third-order valence-corrected chi connectivity index (χ3v) is 20.5. The second kappa shape index (κ2) is 40.3. The van der Waals surface area contributed by atoms with Crippen molar-refractivity contribution in [2.45, 2.75) is 41.0 Å². The molecule has 17 rings (SSSR count). The molecular weight excluding hydrogens is 1760 g/mol. The van der Waals surface area contributed by atoms with Gasteiger partial charge < -0.3 is 43.9 Å². The summed E-state index contributed by atoms with van der Waals surface area (Å²) in [4.78, 5) is 116. The van der Waals surface area contributed by atoms with Crippen LogP contribution in [0.5, 0.6) is 0 Å². The summed E-state index contributed by atoms with van der Waals surface area (Å²) < 4.78 is 7.80. The predicted molar refractivity (Wildman–Crippen MR) is 490 cm³/mol. The number of carbonyl (C=O) groups is 8. The molecule has 0 saturated heterocycles. The van der Waals surface area contributed by atoms with Gasteiger partial charge >= 0.3 is 0 Å². The number of anilines is 3. The van der Waals surface area contributed by atoms with Gasteiger partial charge in [0, 0.05) is 146 Å². The van der Waals surface area contributed by atoms with Gasteiger partial charge in [-0.2, -0.15) is 30.6 Å². The number of pyridine rings is 4. The zero-order valence-electron chi connectivity index (χ0n) is 67.9. The molecule has 39 heteroatoms. The van der Waals surface area contributed by atoms with Gasteiger partial charge in [-0.15, -0.1) is 0 Å². The average Bonchev–Trinajstić information content (AvgIpc) is 1.64. The second-order valence-electron chi connectivity index (χ2n) is 27.8. The maximum absolute atomic E-state index is 11.9. The minimum atomic E-state index is -0.654. The van der Waals surface area contributed by atoms with E-state index in [2.05, 4.69) is 76.4 Å². The molecule has 6 aromatic carbocycles. The molecule has 0 bridgehead atoms. The summed E-state index contributed by atoms with van der Waals surface area (Å²) in [6, 6.07) is 53.8. The van der Waals surface area contributed by atoms with Crippen molar-refractivity contribution >= 4 is 145 Å². The topological polar surface area (TPSA) is 475 Å². The third kappa shape index (κ3) is 21.4. The van der Waals surface area contributed by atoms with E-state index in [-0.39, 0.29) is 51.6 Å². The Morgan fingerprint density at radius 3 is 1.18 bits per heavy atom. The highest BCUT2D eigenvalue weighted by Gasteiger charge is 2.26. The number of carbonyl (C=O) groups excluding carboxylic acids is 8. The molecule has 0 atom stereocenters. The largest absolute Gasteiger partial charge is 0.365 e. The number of amides is 7. The van der Waals surface area contributed by atoms with Crippen molar-refractivity contribution in [3.05, 3.63) is 314 Å². The molecule has 33 nitrogen and oxygen atoms in total. The number of rotatable bonds is 20. The van der Waals surface area contributed by atoms with E-state index in [4.69, 9.17) is 97.6 Å². The molecule has 0 aliphatic heterocycles. The van der Waals surface area contributed by atoms with Gasteiger partial charge in [0.1, 0.15) is 58.0 Å². The first-order valence-corrected chi connectivity index (χ1v) is 40.4. The Morgan fingerprint density at radius 2 is 0.766 bits per heavy atom. The number of hydrogen-bond donors (Lipinski definition) is 9. The first-order valence-electron chi connectivity index (χ1n) is 38.2. The van der Waals surface area contributed by atoms with E-state index < -0.39 is 23.6 Å². The summed E-state index contributed by atoms with van der Waals surface area (Å²) in [5.74, 6) is -1.41. The molecule has 0 unspecified atom stereocenters. The number of aromatic amines is 2. The molecule has 0 spiro atoms. The predicted octanol–water partition coefficient (Wildman–Crippen LogP) is 16.2. The minimum absolute atomic E-state index is 0.0161. The van der Waals surface area contributed by atoms with Crippen molar-refractivity contribution < 1.29 is 38.4 Å². The number of nitrogens with zero attached hydrogens (tertiary/aromatic N) is 16. The number of hydrogen-bond acceptors (Lipinski definition) is 19. The van der Waals surface area contributed by atoms with E-state index in [1.54, 1.807) is 148 Å². The van der Waals surface area contributed by atoms with E-state index in [1.807, 2.05) is 86.0 Å². The number of nitrogens with one attached hydrogen (secondary N) is 5. The van der Waals surface area contributed by atoms with Crippen molar-refractivity contribution in [1.82, 2.24) is 89.0 Å². The van der Waals surface area contributed by atoms with Gasteiger partial charge in [-0.05, 0) is 86.1 Å². The Morgan fingerprint density at radius 1 is 0.375 bits per heavy atom. The third-order valence-electron chi connectivity index (χ3n) is 18.6. The molecule has 0 radical (unpaired) electrons. The van der Waals surface area contributed by atoms with Gasteiger partial charge in [-0.25, -0.2) is 43.3 Å². The van der Waals surface area contributed by atoms with Crippen molar-refractivity contribution in [2.24, 2.45) is 22.9 Å². The van der Waals surface area contributed by atoms with E-state index in [9.17, 15) is 38.4 Å². The molecule has 11 heterocycles. The molecule has 0 saturated carbocycles. The standard InChI is InChI=1S/C19H17ClN4O2.C18H14ClN7O.C18H13ClN4O.C17H13Cl2N5O2.C17H14ClN5O2/c1-11-9-22-13(7-12(2)25)8-17(11)24-10-15(19(21)26)18(23-24)14-5-3-4-6-16(14)20;1-11(27)23-16-8-12(6-7-20-16)26-9-14(18-21-10-22-24-18)17(25-26)13-4-2-3-5-15(13)19;19-14-5-2-1-4-11(14)17-13(18(20)24)10-23(22-17)16-7-3-6-15-12(16)8-9-21-15;1-9(25)22-15-6-14(13(19)7-21-15)24-8-11(17(20)26)16(23-24)10-4-2-3-5-12(10)18;1-10(24)21-15-8-11(6-7-20-15)23-9-13(17(19)25)16(22-23)12-4-2-3-5-14(12)18/h3-6,8-10H,7H2,1-2H3,(H2,21,26);2-10H,1H3,(H,20,23,27)(H,21,22,24);1-10,21H,(H2,20,24);2-8H,1H3,(H2,20,26)(H,21,22,25);2-9H,1H3,(H2,19,25)(H,20,21,24). The van der Waals surface area contributed by atoms with E-state index in [0.717, 1.165) is 44.7 Å². The van der Waals surface area contributed by atoms with Crippen molar-refractivity contribution in [3.8, 4) is 96.1 Å². The van der Waals surface area contributed by atoms with Gasteiger partial charge in [-0.3, -0.25) is 48.4 Å². The van der Waals surface area contributed by atoms with Crippen LogP contribution in [0.4, 0.5) is 17.5 Å². The molecule has 0 aliphatic carbocycles. The highest BCUT2D eigenvalue weighted by Crippen LogP contribution is 2.38. The number of nitrogens with two attached hydrogens (primary N) is 4. The fourth-order valence-corrected chi connectivity index (χ4v) is 14.2. The molecule has 11 aromatic heterocycles. The lowest BCUT2D eigenvalue weighted by molar-refractivity contribution is -0.116. The first kappa shape index (κ1) is 90.1. The number of Topliss-reactive ketones (excluding diaryl/α,β-unsaturated/α-hetero) is 1. The molecule has 128 heavy (non-hydrogen) atoms. The quantitative estimate of drug-likeness (QED) is 0.0342. The smallest absolute Gasteiger partial charge is 0.252 e. The van der Waals surface area contributed by atoms with E-state index in [1.165, 1.54) is 74.2 Å². The minimum Gasteiger partial charge on any atom is -0.365 e. The lowest BCUT2D eigenvalue weighted by atomic mass is 10.1. The van der Waals surface area contributed by atoms with Crippen LogP contribution in [0.1, 0.15) is 80.4 Å². The van der Waals surface area contributed by atoms with Gasteiger partial charge in [0.15, 0.2) is 5.82 Å². The van der Waals surface area contributed by atoms with Crippen LogP contribution in [0.2, 0.25) is 30.1 Å². The number of halogens is 6. The molecular formula is C89H71Cl6N25O8. The molecule has 7 amide bonds. The maximum atomic E-state index is 11.9. The first-order chi connectivity index (χ1) is 61.4. The Labute approximate surface area is 757 Å². The summed E-state index contributed by atoms with van der Waals surface area (Å²) in [6.45, 7) is 7.57. The number of primary amides is 4. The van der Waals surface area contributed by atoms with Crippen LogP contribution in [-0.2, 0) is 25.6 Å². The fourth-order valence-electron chi connectivity index (χ4n) is 12.9. The zero-order valence-corrected chi connectivity index (χ0v) is 72.4. The Hall–Kier alpha value is -15.7. The number of benzene rings is 6. The summed E-state index contributed by atoms with van der Waals surface area (Å²) in [5, 5.41) is 41.0. The van der Waals surface area contributed by atoms with Crippen molar-refractivity contribution in [2.75, 3.05) is 16.0 Å². The number of ketones is 1. The Kier molecular flexibility index (Phi) is 28.4. The van der Waals surface area contributed by atoms with Crippen LogP contribution in [0.25, 0.3) is 107 Å². The van der Waals surface area contributed by atoms with E-state index >= 15 is 0 Å². The van der Waals surface area contributed by atoms with Crippen LogP contribution >= 0.6 is 69.6 Å². The Balaban J connectivity index is 0.000000137. The van der Waals surface area contributed by atoms with Crippen LogP contribution in [0, 0.1) is 6.92 Å². The van der Waals surface area contributed by atoms with Gasteiger partial charge in [-0.1, -0.05) is 167 Å². The summed E-state index contributed by atoms with van der Waals surface area (Å²) in [7, 11) is 0. The van der Waals surface area contributed by atoms with Gasteiger partial charge in [0.2, 0.25) is 17.7 Å². The number of H-pyrrole nitrogens is 2. The second-order valence-corrected chi connectivity index (χ2v) is 30.2. The molecule has 0 aliphatic rings. The molecule has 642 valence electrons. The van der Waals surface area contributed by atoms with Crippen LogP contribution in [0.3, 0.4) is 0 Å². The van der Waals surface area contributed by atoms with E-state index in [0.29, 0.717) is 122 Å². The average molecular weight is 1830 g/mol. The number of fused-ring (bicyclic) bond motifs is 1. The summed E-state index contributed by atoms with van der Waals surface area (Å²) in [6.07, 6.45) is 17.7. The lowest BCUT2D eigenvalue weighted by Crippen LogP contribution is -2.11. The maximum Gasteiger partial charge on any atom is 0.252 e. The monoisotopic (exact) mass is 1830 g/mol. The highest BCUT2D eigenvalue weighted by atomic mass is 35.5. The molecule has 17 aromatic rings. The normalized spacial score (nSPS) is 10.7. The van der Waals surface area contributed by atoms with Gasteiger partial charge in [0.05, 0.1) is 92.6 Å². The summed E-state index contributed by atoms with van der Waals surface area (Å²) >= 11 is 37.5. The number of aromatic nitrogens is 18. The molecule has 0 fully saturated rings. The van der Waals surface area contributed by atoms with Crippen molar-refractivity contribution in [1.29, 1.82) is 0 Å². The fraction of sp³-hybridized carbons (Fsp3) is 0.0674. The zero-order chi connectivity index (χ0) is 91.1.